The van der Waals surface area contributed by atoms with Crippen LogP contribution in [0.2, 0.25) is 0 Å². The van der Waals surface area contributed by atoms with E-state index in [1.807, 2.05) is 41.9 Å². The van der Waals surface area contributed by atoms with E-state index in [4.69, 9.17) is 0 Å². The fourth-order valence-electron chi connectivity index (χ4n) is 3.70. The Morgan fingerprint density at radius 1 is 1.00 bits per heavy atom. The van der Waals surface area contributed by atoms with E-state index in [1.165, 1.54) is 11.1 Å². The number of rotatable bonds is 2. The number of nitrogens with zero attached hydrogens (tertiary/aromatic N) is 2. The molecule has 1 aromatic heterocycles. The average molecular weight is 316 g/mol. The molecule has 1 heterocycles. The second kappa shape index (κ2) is 5.75. The molecule has 1 atom stereocenters. The fourth-order valence-corrected chi connectivity index (χ4v) is 3.70. The largest absolute Gasteiger partial charge is 0.294 e. The maximum absolute atomic E-state index is 12.8. The number of fused-ring (bicyclic) bond motifs is 1. The van der Waals surface area contributed by atoms with Gasteiger partial charge in [-0.25, -0.2) is 4.68 Å². The van der Waals surface area contributed by atoms with Crippen molar-refractivity contribution in [2.45, 2.75) is 32.6 Å². The summed E-state index contributed by atoms with van der Waals surface area (Å²) in [5.41, 5.74) is 6.19. The summed E-state index contributed by atoms with van der Waals surface area (Å²) in [4.78, 5) is 12.8. The first-order valence-electron chi connectivity index (χ1n) is 8.37. The van der Waals surface area contributed by atoms with Crippen molar-refractivity contribution >= 4 is 5.78 Å². The molecule has 0 spiro atoms. The van der Waals surface area contributed by atoms with Crippen LogP contribution in [0.3, 0.4) is 0 Å². The standard InChI is InChI=1S/C21H20N2O/c1-14-7-6-8-16(11-14)17-12-19-21(20(24)13-17)15(2)22-23(19)18-9-4-3-5-10-18/h3-11,17H,12-13H2,1-2H3. The summed E-state index contributed by atoms with van der Waals surface area (Å²) < 4.78 is 1.95. The van der Waals surface area contributed by atoms with Crippen LogP contribution >= 0.6 is 0 Å². The van der Waals surface area contributed by atoms with Crippen molar-refractivity contribution in [2.24, 2.45) is 0 Å². The van der Waals surface area contributed by atoms with Gasteiger partial charge < -0.3 is 0 Å². The second-order valence-electron chi connectivity index (χ2n) is 6.60. The predicted octanol–water partition coefficient (Wildman–Crippen LogP) is 4.40. The summed E-state index contributed by atoms with van der Waals surface area (Å²) in [5.74, 6) is 0.436. The number of carbonyl (C=O) groups is 1. The first-order valence-corrected chi connectivity index (χ1v) is 8.37. The number of aryl methyl sites for hydroxylation is 2. The minimum absolute atomic E-state index is 0.211. The van der Waals surface area contributed by atoms with Crippen LogP contribution in [0.5, 0.6) is 0 Å². The molecule has 1 aliphatic carbocycles. The van der Waals surface area contributed by atoms with Crippen LogP contribution in [0.15, 0.2) is 54.6 Å². The van der Waals surface area contributed by atoms with Crippen LogP contribution in [-0.2, 0) is 6.42 Å². The highest BCUT2D eigenvalue weighted by molar-refractivity contribution is 6.00. The summed E-state index contributed by atoms with van der Waals surface area (Å²) in [6, 6.07) is 18.6. The highest BCUT2D eigenvalue weighted by Crippen LogP contribution is 2.35. The Hall–Kier alpha value is -2.68. The van der Waals surface area contributed by atoms with Crippen LogP contribution in [0, 0.1) is 13.8 Å². The van der Waals surface area contributed by atoms with E-state index in [0.29, 0.717) is 6.42 Å². The number of para-hydroxylation sites is 1. The van der Waals surface area contributed by atoms with Crippen molar-refractivity contribution in [2.75, 3.05) is 0 Å². The van der Waals surface area contributed by atoms with E-state index in [0.717, 1.165) is 29.1 Å². The van der Waals surface area contributed by atoms with Gasteiger partial charge in [0.25, 0.3) is 0 Å². The SMILES string of the molecule is Cc1cccc(C2CC(=O)c3c(C)nn(-c4ccccc4)c3C2)c1. The molecule has 1 unspecified atom stereocenters. The van der Waals surface area contributed by atoms with Crippen LogP contribution in [-0.4, -0.2) is 15.6 Å². The highest BCUT2D eigenvalue weighted by Gasteiger charge is 2.32. The number of hydrogen-bond donors (Lipinski definition) is 0. The third-order valence-electron chi connectivity index (χ3n) is 4.82. The molecule has 2 aromatic carbocycles. The summed E-state index contributed by atoms with van der Waals surface area (Å²) in [5, 5.41) is 4.65. The van der Waals surface area contributed by atoms with Crippen molar-refractivity contribution in [3.63, 3.8) is 0 Å². The van der Waals surface area contributed by atoms with Crippen molar-refractivity contribution in [1.82, 2.24) is 9.78 Å². The second-order valence-corrected chi connectivity index (χ2v) is 6.60. The van der Waals surface area contributed by atoms with Crippen molar-refractivity contribution in [3.05, 3.63) is 82.7 Å². The molecule has 4 rings (SSSR count). The van der Waals surface area contributed by atoms with E-state index in [-0.39, 0.29) is 11.7 Å². The molecule has 3 nitrogen and oxygen atoms in total. The molecule has 3 heteroatoms. The predicted molar refractivity (Wildman–Crippen MR) is 94.9 cm³/mol. The summed E-state index contributed by atoms with van der Waals surface area (Å²) >= 11 is 0. The van der Waals surface area contributed by atoms with E-state index < -0.39 is 0 Å². The number of benzene rings is 2. The van der Waals surface area contributed by atoms with Crippen LogP contribution in [0.25, 0.3) is 5.69 Å². The average Bonchev–Trinajstić information content (AvgIpc) is 2.93. The molecular weight excluding hydrogens is 296 g/mol. The normalized spacial score (nSPS) is 16.9. The smallest absolute Gasteiger partial charge is 0.167 e. The van der Waals surface area contributed by atoms with Gasteiger partial charge in [0.05, 0.1) is 22.6 Å². The topological polar surface area (TPSA) is 34.9 Å². The third kappa shape index (κ3) is 2.46. The van der Waals surface area contributed by atoms with Crippen molar-refractivity contribution in [3.8, 4) is 5.69 Å². The number of carbonyl (C=O) groups excluding carboxylic acids is 1. The quantitative estimate of drug-likeness (QED) is 0.702. The Labute approximate surface area is 141 Å². The summed E-state index contributed by atoms with van der Waals surface area (Å²) in [7, 11) is 0. The van der Waals surface area contributed by atoms with Gasteiger partial charge in [-0.15, -0.1) is 0 Å². The Kier molecular flexibility index (Phi) is 3.57. The molecule has 120 valence electrons. The molecule has 0 N–H and O–H groups in total. The Balaban J connectivity index is 1.80. The molecule has 0 fully saturated rings. The van der Waals surface area contributed by atoms with Crippen LogP contribution in [0.1, 0.15) is 45.2 Å². The zero-order valence-electron chi connectivity index (χ0n) is 14.0. The first-order chi connectivity index (χ1) is 11.6. The van der Waals surface area contributed by atoms with E-state index in [2.05, 4.69) is 36.3 Å². The lowest BCUT2D eigenvalue weighted by Crippen LogP contribution is -2.20. The van der Waals surface area contributed by atoms with Crippen molar-refractivity contribution < 1.29 is 4.79 Å². The zero-order chi connectivity index (χ0) is 16.7. The van der Waals surface area contributed by atoms with Crippen LogP contribution in [0.4, 0.5) is 0 Å². The molecule has 0 saturated heterocycles. The molecule has 0 amide bonds. The number of aromatic nitrogens is 2. The minimum Gasteiger partial charge on any atom is -0.294 e. The van der Waals surface area contributed by atoms with Gasteiger partial charge in [0.2, 0.25) is 0 Å². The summed E-state index contributed by atoms with van der Waals surface area (Å²) in [6.07, 6.45) is 1.41. The number of Topliss-reactive ketones (excluding diaryl/α,β-unsaturated/α-hetero) is 1. The van der Waals surface area contributed by atoms with E-state index >= 15 is 0 Å². The lowest BCUT2D eigenvalue weighted by Gasteiger charge is -2.23. The minimum atomic E-state index is 0.211. The highest BCUT2D eigenvalue weighted by atomic mass is 16.1. The van der Waals surface area contributed by atoms with Gasteiger partial charge in [-0.05, 0) is 43.9 Å². The molecule has 1 aliphatic rings. The maximum atomic E-state index is 12.8. The Morgan fingerprint density at radius 2 is 1.79 bits per heavy atom. The lowest BCUT2D eigenvalue weighted by molar-refractivity contribution is 0.0963. The Morgan fingerprint density at radius 3 is 2.54 bits per heavy atom. The molecule has 0 aliphatic heterocycles. The maximum Gasteiger partial charge on any atom is 0.167 e. The van der Waals surface area contributed by atoms with Gasteiger partial charge in [-0.2, -0.15) is 5.10 Å². The van der Waals surface area contributed by atoms with Gasteiger partial charge in [0, 0.05) is 6.42 Å². The monoisotopic (exact) mass is 316 g/mol. The molecule has 24 heavy (non-hydrogen) atoms. The van der Waals surface area contributed by atoms with Crippen molar-refractivity contribution in [1.29, 1.82) is 0 Å². The third-order valence-corrected chi connectivity index (χ3v) is 4.82. The zero-order valence-corrected chi connectivity index (χ0v) is 14.0. The van der Waals surface area contributed by atoms with E-state index in [9.17, 15) is 4.79 Å². The molecule has 0 radical (unpaired) electrons. The fraction of sp³-hybridized carbons (Fsp3) is 0.238. The number of ketones is 1. The van der Waals surface area contributed by atoms with Gasteiger partial charge in [-0.1, -0.05) is 48.0 Å². The van der Waals surface area contributed by atoms with Gasteiger partial charge >= 0.3 is 0 Å². The molecule has 3 aromatic rings. The summed E-state index contributed by atoms with van der Waals surface area (Å²) in [6.45, 7) is 4.03. The molecule has 0 saturated carbocycles. The van der Waals surface area contributed by atoms with E-state index in [1.54, 1.807) is 0 Å². The van der Waals surface area contributed by atoms with Gasteiger partial charge in [-0.3, -0.25) is 4.79 Å². The number of hydrogen-bond acceptors (Lipinski definition) is 2. The molecule has 0 bridgehead atoms. The first kappa shape index (κ1) is 14.9. The lowest BCUT2D eigenvalue weighted by atomic mass is 9.81. The Bertz CT molecular complexity index is 909. The van der Waals surface area contributed by atoms with Crippen LogP contribution < -0.4 is 0 Å². The van der Waals surface area contributed by atoms with Gasteiger partial charge in [0.15, 0.2) is 5.78 Å². The van der Waals surface area contributed by atoms with Gasteiger partial charge in [0.1, 0.15) is 0 Å². The molecular formula is C21H20N2O.